The van der Waals surface area contributed by atoms with Crippen LogP contribution in [0.3, 0.4) is 0 Å². The van der Waals surface area contributed by atoms with Crippen LogP contribution in [0.15, 0.2) is 54.6 Å². The van der Waals surface area contributed by atoms with Crippen LogP contribution in [0.2, 0.25) is 5.02 Å². The highest BCUT2D eigenvalue weighted by Crippen LogP contribution is 2.36. The third kappa shape index (κ3) is 4.21. The lowest BCUT2D eigenvalue weighted by molar-refractivity contribution is -0.136. The van der Waals surface area contributed by atoms with Crippen LogP contribution in [0.25, 0.3) is 0 Å². The molecule has 1 spiro atoms. The van der Waals surface area contributed by atoms with Crippen LogP contribution in [-0.4, -0.2) is 52.5 Å². The Labute approximate surface area is 189 Å². The number of piperidine rings is 1. The van der Waals surface area contributed by atoms with Crippen LogP contribution >= 0.6 is 11.6 Å². The molecular weight excluding hydrogens is 410 g/mol. The molecule has 164 valence electrons. The van der Waals surface area contributed by atoms with Gasteiger partial charge in [0.25, 0.3) is 5.91 Å². The molecule has 2 aromatic rings. The first-order chi connectivity index (χ1) is 14.9. The van der Waals surface area contributed by atoms with E-state index in [1.54, 1.807) is 12.1 Å². The van der Waals surface area contributed by atoms with E-state index in [9.17, 15) is 9.59 Å². The van der Waals surface area contributed by atoms with E-state index in [1.807, 2.05) is 35.2 Å². The van der Waals surface area contributed by atoms with Crippen LogP contribution in [0, 0.1) is 0 Å². The molecule has 0 aliphatic carbocycles. The Balaban J connectivity index is 1.52. The van der Waals surface area contributed by atoms with Gasteiger partial charge >= 0.3 is 0 Å². The van der Waals surface area contributed by atoms with Gasteiger partial charge in [0.05, 0.1) is 22.3 Å². The fraction of sp³-hybridized carbons (Fsp3) is 0.440. The lowest BCUT2D eigenvalue weighted by atomic mass is 9.93. The van der Waals surface area contributed by atoms with Gasteiger partial charge in [0.15, 0.2) is 0 Å². The zero-order valence-corrected chi connectivity index (χ0v) is 18.9. The molecule has 0 radical (unpaired) electrons. The molecule has 4 rings (SSSR count). The van der Waals surface area contributed by atoms with Crippen molar-refractivity contribution in [2.24, 2.45) is 0 Å². The van der Waals surface area contributed by atoms with Crippen LogP contribution in [0.4, 0.5) is 0 Å². The maximum Gasteiger partial charge on any atom is 0.255 e. The van der Waals surface area contributed by atoms with Crippen molar-refractivity contribution in [1.82, 2.24) is 15.1 Å². The number of carbonyl (C=O) groups is 2. The number of nitrogens with zero attached hydrogens (tertiary/aromatic N) is 2. The molecule has 0 unspecified atom stereocenters. The van der Waals surface area contributed by atoms with E-state index in [2.05, 4.69) is 36.2 Å². The Morgan fingerprint density at radius 1 is 1.13 bits per heavy atom. The number of carbonyl (C=O) groups excluding carboxylic acids is 2. The van der Waals surface area contributed by atoms with Crippen molar-refractivity contribution in [2.45, 2.75) is 57.3 Å². The molecule has 2 fully saturated rings. The highest BCUT2D eigenvalue weighted by molar-refractivity contribution is 6.33. The van der Waals surface area contributed by atoms with Gasteiger partial charge < -0.3 is 9.80 Å². The lowest BCUT2D eigenvalue weighted by Crippen LogP contribution is -2.61. The van der Waals surface area contributed by atoms with Gasteiger partial charge in [0.1, 0.15) is 0 Å². The predicted octanol–water partition coefficient (Wildman–Crippen LogP) is 4.11. The van der Waals surface area contributed by atoms with Gasteiger partial charge in [-0.2, -0.15) is 0 Å². The summed E-state index contributed by atoms with van der Waals surface area (Å²) in [5.74, 6) is 0.129. The fourth-order valence-electron chi connectivity index (χ4n) is 4.91. The highest BCUT2D eigenvalue weighted by Gasteiger charge is 2.53. The van der Waals surface area contributed by atoms with Gasteiger partial charge in [-0.1, -0.05) is 61.0 Å². The third-order valence-corrected chi connectivity index (χ3v) is 7.07. The summed E-state index contributed by atoms with van der Waals surface area (Å²) in [7, 11) is 0. The molecule has 2 atom stereocenters. The number of hydrogen-bond donors (Lipinski definition) is 1. The molecule has 2 aromatic carbocycles. The van der Waals surface area contributed by atoms with E-state index in [4.69, 9.17) is 11.6 Å². The molecule has 2 aliphatic heterocycles. The second kappa shape index (κ2) is 9.01. The summed E-state index contributed by atoms with van der Waals surface area (Å²) in [5, 5.41) is 4.17. The van der Waals surface area contributed by atoms with Crippen molar-refractivity contribution in [3.05, 3.63) is 70.7 Å². The smallest absolute Gasteiger partial charge is 0.255 e. The first kappa shape index (κ1) is 21.8. The molecule has 1 N–H and O–H groups in total. The first-order valence-corrected chi connectivity index (χ1v) is 11.5. The normalized spacial score (nSPS) is 21.5. The maximum atomic E-state index is 13.4. The highest BCUT2D eigenvalue weighted by atomic mass is 35.5. The number of benzene rings is 2. The van der Waals surface area contributed by atoms with Gasteiger partial charge in [-0.05, 0) is 37.5 Å². The van der Waals surface area contributed by atoms with Crippen LogP contribution in [-0.2, 0) is 11.2 Å². The zero-order chi connectivity index (χ0) is 22.0. The van der Waals surface area contributed by atoms with Crippen LogP contribution in [0.5, 0.6) is 0 Å². The molecule has 5 nitrogen and oxygen atoms in total. The molecule has 2 saturated heterocycles. The lowest BCUT2D eigenvalue weighted by Gasteiger charge is -2.46. The second-order valence-corrected chi connectivity index (χ2v) is 9.06. The van der Waals surface area contributed by atoms with Crippen molar-refractivity contribution in [2.75, 3.05) is 13.1 Å². The minimum Gasteiger partial charge on any atom is -0.338 e. The number of likely N-dealkylation sites (tertiary alicyclic amines) is 1. The summed E-state index contributed by atoms with van der Waals surface area (Å²) in [6.45, 7) is 5.42. The fourth-order valence-corrected chi connectivity index (χ4v) is 5.13. The third-order valence-electron chi connectivity index (χ3n) is 6.74. The van der Waals surface area contributed by atoms with Crippen LogP contribution < -0.4 is 5.32 Å². The van der Waals surface area contributed by atoms with Gasteiger partial charge in [-0.25, -0.2) is 0 Å². The summed E-state index contributed by atoms with van der Waals surface area (Å²) >= 11 is 6.24. The number of hydrogen-bond acceptors (Lipinski definition) is 3. The Kier molecular flexibility index (Phi) is 6.35. The average molecular weight is 440 g/mol. The van der Waals surface area contributed by atoms with E-state index in [0.29, 0.717) is 42.9 Å². The topological polar surface area (TPSA) is 52.7 Å². The average Bonchev–Trinajstić information content (AvgIpc) is 3.05. The van der Waals surface area contributed by atoms with E-state index in [1.165, 1.54) is 0 Å². The van der Waals surface area contributed by atoms with E-state index < -0.39 is 5.66 Å². The predicted molar refractivity (Wildman–Crippen MR) is 123 cm³/mol. The summed E-state index contributed by atoms with van der Waals surface area (Å²) in [6, 6.07) is 17.2. The largest absolute Gasteiger partial charge is 0.338 e. The Morgan fingerprint density at radius 2 is 1.77 bits per heavy atom. The zero-order valence-electron chi connectivity index (χ0n) is 18.2. The molecule has 0 bridgehead atoms. The van der Waals surface area contributed by atoms with Crippen molar-refractivity contribution < 1.29 is 9.59 Å². The molecule has 2 amide bonds. The summed E-state index contributed by atoms with van der Waals surface area (Å²) in [4.78, 5) is 30.4. The van der Waals surface area contributed by atoms with Gasteiger partial charge in [-0.15, -0.1) is 0 Å². The molecule has 6 heteroatoms. The minimum absolute atomic E-state index is 0.0410. The number of amides is 2. The Morgan fingerprint density at radius 3 is 2.42 bits per heavy atom. The van der Waals surface area contributed by atoms with Crippen molar-refractivity contribution in [1.29, 1.82) is 0 Å². The monoisotopic (exact) mass is 439 g/mol. The number of halogens is 1. The second-order valence-electron chi connectivity index (χ2n) is 8.66. The molecule has 31 heavy (non-hydrogen) atoms. The first-order valence-electron chi connectivity index (χ1n) is 11.1. The van der Waals surface area contributed by atoms with E-state index >= 15 is 0 Å². The van der Waals surface area contributed by atoms with Crippen molar-refractivity contribution in [3.63, 3.8) is 0 Å². The van der Waals surface area contributed by atoms with E-state index in [-0.39, 0.29) is 23.9 Å². The Hall–Kier alpha value is -2.37. The van der Waals surface area contributed by atoms with Crippen LogP contribution in [0.1, 0.15) is 49.0 Å². The molecule has 2 aliphatic rings. The van der Waals surface area contributed by atoms with Crippen molar-refractivity contribution in [3.8, 4) is 0 Å². The molecule has 0 saturated carbocycles. The Bertz CT molecular complexity index is 941. The number of rotatable bonds is 5. The molecular formula is C25H30ClN3O2. The molecule has 2 heterocycles. The summed E-state index contributed by atoms with van der Waals surface area (Å²) in [6.07, 6.45) is 3.00. The minimum atomic E-state index is -0.400. The maximum absolute atomic E-state index is 13.4. The number of nitrogens with one attached hydrogen (secondary N) is 1. The van der Waals surface area contributed by atoms with Crippen molar-refractivity contribution >= 4 is 23.4 Å². The summed E-state index contributed by atoms with van der Waals surface area (Å²) < 4.78 is 0. The quantitative estimate of drug-likeness (QED) is 0.762. The van der Waals surface area contributed by atoms with E-state index in [0.717, 1.165) is 12.0 Å². The standard InChI is InChI=1S/C25H30ClN3O2/c1-3-18(2)29-24(31)22(17-19-9-5-4-6-10-19)27-25(29)13-15-28(16-14-25)23(30)20-11-7-8-12-21(20)26/h4-12,18,22,27H,3,13-17H2,1-2H3/t18-,22+/m1/s1. The molecule has 0 aromatic heterocycles. The van der Waals surface area contributed by atoms with Gasteiger partial charge in [0.2, 0.25) is 5.91 Å². The summed E-state index contributed by atoms with van der Waals surface area (Å²) in [5.41, 5.74) is 1.29. The van der Waals surface area contributed by atoms with Gasteiger partial charge in [-0.3, -0.25) is 14.9 Å². The SMILES string of the molecule is CC[C@@H](C)N1C(=O)[C@H](Cc2ccccc2)NC12CCN(C(=O)c1ccccc1Cl)CC2. The van der Waals surface area contributed by atoms with Gasteiger partial charge in [0, 0.05) is 32.0 Å².